The lowest BCUT2D eigenvalue weighted by Crippen LogP contribution is -2.15. The number of benzene rings is 2. The second-order valence-corrected chi connectivity index (χ2v) is 6.26. The second-order valence-electron chi connectivity index (χ2n) is 5.44. The molecule has 1 unspecified atom stereocenters. The number of hydrogen-bond donors (Lipinski definition) is 2. The predicted octanol–water partition coefficient (Wildman–Crippen LogP) is 4.95. The first-order valence-electron chi connectivity index (χ1n) is 7.16. The van der Waals surface area contributed by atoms with E-state index in [2.05, 4.69) is 34.9 Å². The first-order chi connectivity index (χ1) is 10.1. The lowest BCUT2D eigenvalue weighted by molar-refractivity contribution is 0.637. The summed E-state index contributed by atoms with van der Waals surface area (Å²) in [6.07, 6.45) is 1.01. The molecule has 2 aromatic carbocycles. The summed E-state index contributed by atoms with van der Waals surface area (Å²) in [6.45, 7) is 3.85. The van der Waals surface area contributed by atoms with Crippen LogP contribution in [-0.2, 0) is 6.54 Å². The van der Waals surface area contributed by atoms with E-state index < -0.39 is 0 Å². The van der Waals surface area contributed by atoms with Crippen molar-refractivity contribution in [3.8, 4) is 0 Å². The Bertz CT molecular complexity index is 655. The lowest BCUT2D eigenvalue weighted by Gasteiger charge is -2.21. The normalized spacial score (nSPS) is 18.0. The Morgan fingerprint density at radius 1 is 1.14 bits per heavy atom. The van der Waals surface area contributed by atoms with E-state index >= 15 is 0 Å². The molecule has 2 nitrogen and oxygen atoms in total. The molecular formula is C17H18Cl2N2. The van der Waals surface area contributed by atoms with Gasteiger partial charge in [-0.3, -0.25) is 0 Å². The molecule has 0 fully saturated rings. The van der Waals surface area contributed by atoms with Crippen molar-refractivity contribution < 1.29 is 0 Å². The highest BCUT2D eigenvalue weighted by molar-refractivity contribution is 6.35. The molecule has 2 aromatic rings. The van der Waals surface area contributed by atoms with Gasteiger partial charge in [0.2, 0.25) is 0 Å². The molecular weight excluding hydrogens is 303 g/mol. The maximum atomic E-state index is 6.35. The van der Waals surface area contributed by atoms with E-state index in [4.69, 9.17) is 23.2 Å². The van der Waals surface area contributed by atoms with Crippen molar-refractivity contribution in [2.24, 2.45) is 0 Å². The van der Waals surface area contributed by atoms with Gasteiger partial charge in [0.1, 0.15) is 0 Å². The van der Waals surface area contributed by atoms with E-state index in [0.717, 1.165) is 35.8 Å². The Morgan fingerprint density at radius 2 is 1.95 bits per heavy atom. The Morgan fingerprint density at radius 3 is 2.81 bits per heavy atom. The van der Waals surface area contributed by atoms with Gasteiger partial charge >= 0.3 is 0 Å². The lowest BCUT2D eigenvalue weighted by atomic mass is 9.99. The number of rotatable bonds is 2. The maximum absolute atomic E-state index is 6.35. The highest BCUT2D eigenvalue weighted by atomic mass is 35.5. The van der Waals surface area contributed by atoms with Crippen LogP contribution in [0.1, 0.15) is 29.2 Å². The number of halogens is 2. The molecule has 0 bridgehead atoms. The van der Waals surface area contributed by atoms with Crippen LogP contribution >= 0.6 is 23.2 Å². The van der Waals surface area contributed by atoms with Crippen molar-refractivity contribution in [2.45, 2.75) is 25.9 Å². The minimum atomic E-state index is 0.243. The van der Waals surface area contributed by atoms with Crippen LogP contribution in [0.15, 0.2) is 36.4 Å². The molecule has 21 heavy (non-hydrogen) atoms. The van der Waals surface area contributed by atoms with E-state index in [1.54, 1.807) is 0 Å². The maximum Gasteiger partial charge on any atom is 0.0641 e. The van der Waals surface area contributed by atoms with Gasteiger partial charge in [-0.2, -0.15) is 0 Å². The first-order valence-corrected chi connectivity index (χ1v) is 7.91. The van der Waals surface area contributed by atoms with Crippen LogP contribution in [0.4, 0.5) is 5.69 Å². The molecule has 0 saturated heterocycles. The van der Waals surface area contributed by atoms with E-state index in [-0.39, 0.29) is 6.04 Å². The van der Waals surface area contributed by atoms with Gasteiger partial charge in [-0.15, -0.1) is 0 Å². The summed E-state index contributed by atoms with van der Waals surface area (Å²) in [5, 5.41) is 8.46. The Hall–Kier alpha value is -1.22. The van der Waals surface area contributed by atoms with Crippen molar-refractivity contribution in [2.75, 3.05) is 11.9 Å². The second kappa shape index (κ2) is 6.27. The molecule has 110 valence electrons. The van der Waals surface area contributed by atoms with Crippen molar-refractivity contribution in [1.82, 2.24) is 5.32 Å². The van der Waals surface area contributed by atoms with Gasteiger partial charge in [0.25, 0.3) is 0 Å². The minimum absolute atomic E-state index is 0.243. The van der Waals surface area contributed by atoms with Crippen molar-refractivity contribution in [1.29, 1.82) is 0 Å². The molecule has 0 aliphatic carbocycles. The summed E-state index contributed by atoms with van der Waals surface area (Å²) in [5.41, 5.74) is 4.56. The fraction of sp³-hybridized carbons (Fsp3) is 0.294. The molecule has 3 rings (SSSR count). The predicted molar refractivity (Wildman–Crippen MR) is 90.3 cm³/mol. The fourth-order valence-electron chi connectivity index (χ4n) is 2.75. The van der Waals surface area contributed by atoms with Crippen LogP contribution in [0.25, 0.3) is 0 Å². The molecule has 0 radical (unpaired) electrons. The summed E-state index contributed by atoms with van der Waals surface area (Å²) in [6, 6.07) is 12.6. The summed E-state index contributed by atoms with van der Waals surface area (Å²) in [5.74, 6) is 0. The molecule has 0 amide bonds. The van der Waals surface area contributed by atoms with Crippen LogP contribution in [-0.4, -0.2) is 6.54 Å². The Labute approximate surface area is 135 Å². The SMILES string of the molecule is Cc1cc(Cl)c(NC2CCNCc3ccccc32)cc1Cl. The van der Waals surface area contributed by atoms with Crippen LogP contribution in [0.5, 0.6) is 0 Å². The minimum Gasteiger partial charge on any atom is -0.377 e. The molecule has 1 atom stereocenters. The Kier molecular flexibility index (Phi) is 4.39. The standard InChI is InChI=1S/C17H18Cl2N2/c1-11-8-15(19)17(9-14(11)18)21-16-6-7-20-10-12-4-2-3-5-13(12)16/h2-5,8-9,16,20-21H,6-7,10H2,1H3. The molecule has 1 heterocycles. The van der Waals surface area contributed by atoms with Crippen molar-refractivity contribution >= 4 is 28.9 Å². The van der Waals surface area contributed by atoms with Crippen LogP contribution in [0, 0.1) is 6.92 Å². The molecule has 2 N–H and O–H groups in total. The third-order valence-electron chi connectivity index (χ3n) is 3.93. The van der Waals surface area contributed by atoms with Gasteiger partial charge in [-0.25, -0.2) is 0 Å². The molecule has 1 aliphatic heterocycles. The molecule has 0 spiro atoms. The van der Waals surface area contributed by atoms with Gasteiger partial charge in [0.15, 0.2) is 0 Å². The topological polar surface area (TPSA) is 24.1 Å². The molecule has 0 saturated carbocycles. The summed E-state index contributed by atoms with van der Waals surface area (Å²) in [7, 11) is 0. The third-order valence-corrected chi connectivity index (χ3v) is 4.65. The zero-order valence-corrected chi connectivity index (χ0v) is 13.4. The smallest absolute Gasteiger partial charge is 0.0641 e. The highest BCUT2D eigenvalue weighted by Gasteiger charge is 2.19. The quantitative estimate of drug-likeness (QED) is 0.818. The monoisotopic (exact) mass is 320 g/mol. The third kappa shape index (κ3) is 3.18. The largest absolute Gasteiger partial charge is 0.377 e. The number of anilines is 1. The van der Waals surface area contributed by atoms with Crippen LogP contribution in [0.3, 0.4) is 0 Å². The summed E-state index contributed by atoms with van der Waals surface area (Å²) >= 11 is 12.6. The number of aryl methyl sites for hydroxylation is 1. The summed E-state index contributed by atoms with van der Waals surface area (Å²) in [4.78, 5) is 0. The first kappa shape index (κ1) is 14.7. The fourth-order valence-corrected chi connectivity index (χ4v) is 3.19. The number of nitrogens with one attached hydrogen (secondary N) is 2. The summed E-state index contributed by atoms with van der Waals surface area (Å²) < 4.78 is 0. The van der Waals surface area contributed by atoms with Gasteiger partial charge in [0.05, 0.1) is 16.8 Å². The average Bonchev–Trinajstić information content (AvgIpc) is 2.67. The van der Waals surface area contributed by atoms with Gasteiger partial charge in [-0.1, -0.05) is 47.5 Å². The van der Waals surface area contributed by atoms with E-state index in [0.29, 0.717) is 5.02 Å². The zero-order chi connectivity index (χ0) is 14.8. The van der Waals surface area contributed by atoms with Crippen molar-refractivity contribution in [3.05, 3.63) is 63.1 Å². The molecule has 0 aromatic heterocycles. The molecule has 1 aliphatic rings. The number of hydrogen-bond acceptors (Lipinski definition) is 2. The average molecular weight is 321 g/mol. The zero-order valence-electron chi connectivity index (χ0n) is 11.9. The Balaban J connectivity index is 1.93. The van der Waals surface area contributed by atoms with Crippen LogP contribution < -0.4 is 10.6 Å². The highest BCUT2D eigenvalue weighted by Crippen LogP contribution is 2.33. The number of fused-ring (bicyclic) bond motifs is 1. The van der Waals surface area contributed by atoms with Gasteiger partial charge in [-0.05, 0) is 48.7 Å². The van der Waals surface area contributed by atoms with E-state index in [9.17, 15) is 0 Å². The van der Waals surface area contributed by atoms with Gasteiger partial charge in [0, 0.05) is 11.6 Å². The van der Waals surface area contributed by atoms with E-state index in [1.807, 2.05) is 19.1 Å². The van der Waals surface area contributed by atoms with E-state index in [1.165, 1.54) is 11.1 Å². The van der Waals surface area contributed by atoms with Crippen LogP contribution in [0.2, 0.25) is 10.0 Å². The molecule has 4 heteroatoms. The van der Waals surface area contributed by atoms with Gasteiger partial charge < -0.3 is 10.6 Å². The van der Waals surface area contributed by atoms with Crippen molar-refractivity contribution in [3.63, 3.8) is 0 Å².